The number of benzene rings is 3. The normalized spacial score (nSPS) is 11.4. The van der Waals surface area contributed by atoms with Crippen LogP contribution in [0.5, 0.6) is 0 Å². The minimum Gasteiger partial charge on any atom is -0.445 e. The fraction of sp³-hybridized carbons (Fsp3) is 0.120. The highest BCUT2D eigenvalue weighted by Crippen LogP contribution is 2.26. The van der Waals surface area contributed by atoms with Crippen molar-refractivity contribution in [1.82, 2.24) is 15.5 Å². The first-order valence-corrected chi connectivity index (χ1v) is 11.2. The number of ether oxygens (including phenoxy) is 1. The average Bonchev–Trinajstić information content (AvgIpc) is 3.33. The van der Waals surface area contributed by atoms with Crippen LogP contribution in [0.1, 0.15) is 11.1 Å². The molecular weight excluding hydrogens is 436 g/mol. The van der Waals surface area contributed by atoms with E-state index in [0.717, 1.165) is 16.7 Å². The second kappa shape index (κ2) is 11.0. The largest absolute Gasteiger partial charge is 0.445 e. The molecule has 4 aromatic rings. The summed E-state index contributed by atoms with van der Waals surface area (Å²) in [4.78, 5) is 25.5. The van der Waals surface area contributed by atoms with Crippen molar-refractivity contribution in [2.24, 2.45) is 0 Å². The van der Waals surface area contributed by atoms with Crippen molar-refractivity contribution in [3.05, 3.63) is 102 Å². The van der Waals surface area contributed by atoms with Crippen LogP contribution in [-0.4, -0.2) is 28.2 Å². The Morgan fingerprint density at radius 3 is 2.09 bits per heavy atom. The third-order valence-corrected chi connectivity index (χ3v) is 5.67. The van der Waals surface area contributed by atoms with E-state index in [-0.39, 0.29) is 6.61 Å². The zero-order valence-corrected chi connectivity index (χ0v) is 18.5. The van der Waals surface area contributed by atoms with E-state index < -0.39 is 18.0 Å². The summed E-state index contributed by atoms with van der Waals surface area (Å²) in [6.45, 7) is 0.114. The lowest BCUT2D eigenvalue weighted by Gasteiger charge is -2.17. The van der Waals surface area contributed by atoms with Gasteiger partial charge in [0.2, 0.25) is 11.0 Å². The van der Waals surface area contributed by atoms with Crippen LogP contribution in [0.15, 0.2) is 91.0 Å². The maximum absolute atomic E-state index is 13.0. The van der Waals surface area contributed by atoms with E-state index in [0.29, 0.717) is 16.6 Å². The highest BCUT2D eigenvalue weighted by molar-refractivity contribution is 7.18. The summed E-state index contributed by atoms with van der Waals surface area (Å²) >= 11 is 1.27. The molecule has 0 aliphatic heterocycles. The van der Waals surface area contributed by atoms with Gasteiger partial charge in [0.05, 0.1) is 0 Å². The van der Waals surface area contributed by atoms with Crippen molar-refractivity contribution in [1.29, 1.82) is 0 Å². The predicted octanol–water partition coefficient (Wildman–Crippen LogP) is 4.68. The molecule has 0 radical (unpaired) electrons. The number of amides is 2. The van der Waals surface area contributed by atoms with E-state index >= 15 is 0 Å². The van der Waals surface area contributed by atoms with Gasteiger partial charge in [-0.05, 0) is 11.1 Å². The van der Waals surface area contributed by atoms with Gasteiger partial charge in [0.1, 0.15) is 17.7 Å². The van der Waals surface area contributed by atoms with Crippen LogP contribution < -0.4 is 10.6 Å². The molecule has 4 rings (SSSR count). The number of aromatic nitrogens is 2. The third-order valence-electron chi connectivity index (χ3n) is 4.78. The molecule has 166 valence electrons. The summed E-state index contributed by atoms with van der Waals surface area (Å²) in [7, 11) is 0. The van der Waals surface area contributed by atoms with Crippen molar-refractivity contribution < 1.29 is 14.3 Å². The average molecular weight is 459 g/mol. The van der Waals surface area contributed by atoms with E-state index in [1.807, 2.05) is 91.0 Å². The summed E-state index contributed by atoms with van der Waals surface area (Å²) in [6, 6.07) is 27.6. The number of anilines is 1. The van der Waals surface area contributed by atoms with Gasteiger partial charge < -0.3 is 10.1 Å². The van der Waals surface area contributed by atoms with Gasteiger partial charge in [-0.3, -0.25) is 10.1 Å². The van der Waals surface area contributed by atoms with Crippen LogP contribution in [0.2, 0.25) is 0 Å². The highest BCUT2D eigenvalue weighted by atomic mass is 32.1. The van der Waals surface area contributed by atoms with Gasteiger partial charge in [-0.1, -0.05) is 102 Å². The smallest absolute Gasteiger partial charge is 0.408 e. The molecule has 0 saturated carbocycles. The molecule has 0 aliphatic rings. The lowest BCUT2D eigenvalue weighted by Crippen LogP contribution is -2.45. The molecule has 0 bridgehead atoms. The lowest BCUT2D eigenvalue weighted by atomic mass is 10.1. The Morgan fingerprint density at radius 1 is 0.818 bits per heavy atom. The number of nitrogens with zero attached hydrogens (tertiary/aromatic N) is 2. The number of hydrogen-bond donors (Lipinski definition) is 2. The minimum absolute atomic E-state index is 0.114. The Kier molecular flexibility index (Phi) is 7.40. The second-order valence-electron chi connectivity index (χ2n) is 7.22. The fourth-order valence-electron chi connectivity index (χ4n) is 3.13. The summed E-state index contributed by atoms with van der Waals surface area (Å²) < 4.78 is 5.30. The van der Waals surface area contributed by atoms with E-state index in [1.54, 1.807) is 0 Å². The molecule has 8 heteroatoms. The number of carbonyl (C=O) groups excluding carboxylic acids is 2. The number of rotatable bonds is 8. The van der Waals surface area contributed by atoms with Crippen LogP contribution in [0.3, 0.4) is 0 Å². The summed E-state index contributed by atoms with van der Waals surface area (Å²) in [5.41, 5.74) is 2.68. The summed E-state index contributed by atoms with van der Waals surface area (Å²) in [5.74, 6) is -0.397. The first kappa shape index (κ1) is 22.2. The highest BCUT2D eigenvalue weighted by Gasteiger charge is 2.23. The molecule has 0 fully saturated rings. The molecule has 0 aliphatic carbocycles. The lowest BCUT2D eigenvalue weighted by molar-refractivity contribution is -0.118. The number of hydrogen-bond acceptors (Lipinski definition) is 6. The molecule has 1 heterocycles. The molecule has 0 spiro atoms. The van der Waals surface area contributed by atoms with Crippen molar-refractivity contribution in [3.8, 4) is 10.6 Å². The van der Waals surface area contributed by atoms with Gasteiger partial charge >= 0.3 is 6.09 Å². The first-order chi connectivity index (χ1) is 16.2. The third kappa shape index (κ3) is 6.47. The molecule has 2 N–H and O–H groups in total. The van der Waals surface area contributed by atoms with E-state index in [2.05, 4.69) is 20.8 Å². The Labute approximate surface area is 195 Å². The predicted molar refractivity (Wildman–Crippen MR) is 128 cm³/mol. The molecule has 3 aromatic carbocycles. The molecule has 2 amide bonds. The number of nitrogens with one attached hydrogen (secondary N) is 2. The van der Waals surface area contributed by atoms with E-state index in [4.69, 9.17) is 4.74 Å². The van der Waals surface area contributed by atoms with E-state index in [1.165, 1.54) is 11.3 Å². The van der Waals surface area contributed by atoms with Crippen LogP contribution in [0, 0.1) is 0 Å². The Balaban J connectivity index is 1.42. The van der Waals surface area contributed by atoms with E-state index in [9.17, 15) is 9.59 Å². The standard InChI is InChI=1S/C25H22N4O3S/c30-22(27-24-29-28-23(33-24)20-14-8-3-9-15-20)21(16-18-10-4-1-5-11-18)26-25(31)32-17-19-12-6-2-7-13-19/h1-15,21H,16-17H2,(H,26,31)(H,27,29,30)/t21-/m0/s1. The maximum Gasteiger partial charge on any atom is 0.408 e. The molecule has 1 aromatic heterocycles. The fourth-order valence-corrected chi connectivity index (χ4v) is 3.88. The molecule has 33 heavy (non-hydrogen) atoms. The van der Waals surface area contributed by atoms with Gasteiger partial charge in [0.15, 0.2) is 0 Å². The summed E-state index contributed by atoms with van der Waals surface area (Å²) in [6.07, 6.45) is -0.366. The van der Waals surface area contributed by atoms with Crippen molar-refractivity contribution in [2.75, 3.05) is 5.32 Å². The van der Waals surface area contributed by atoms with Crippen LogP contribution in [0.4, 0.5) is 9.93 Å². The van der Waals surface area contributed by atoms with Gasteiger partial charge in [0, 0.05) is 12.0 Å². The molecule has 1 atom stereocenters. The Hall–Kier alpha value is -4.04. The topological polar surface area (TPSA) is 93.2 Å². The quantitative estimate of drug-likeness (QED) is 0.400. The van der Waals surface area contributed by atoms with Crippen LogP contribution in [-0.2, 0) is 22.6 Å². The zero-order valence-electron chi connectivity index (χ0n) is 17.7. The van der Waals surface area contributed by atoms with Gasteiger partial charge in [-0.15, -0.1) is 10.2 Å². The van der Waals surface area contributed by atoms with Gasteiger partial charge in [0.25, 0.3) is 0 Å². The first-order valence-electron chi connectivity index (χ1n) is 10.4. The number of alkyl carbamates (subject to hydrolysis) is 1. The van der Waals surface area contributed by atoms with Crippen LogP contribution >= 0.6 is 11.3 Å². The maximum atomic E-state index is 13.0. The van der Waals surface area contributed by atoms with Crippen molar-refractivity contribution >= 4 is 28.5 Å². The second-order valence-corrected chi connectivity index (χ2v) is 8.19. The molecule has 0 unspecified atom stereocenters. The molecule has 7 nitrogen and oxygen atoms in total. The van der Waals surface area contributed by atoms with Crippen molar-refractivity contribution in [2.45, 2.75) is 19.1 Å². The zero-order chi connectivity index (χ0) is 22.9. The minimum atomic E-state index is -0.847. The Bertz CT molecular complexity index is 1180. The molecular formula is C25H22N4O3S. The van der Waals surface area contributed by atoms with Crippen LogP contribution in [0.25, 0.3) is 10.6 Å². The Morgan fingerprint density at radius 2 is 1.42 bits per heavy atom. The molecule has 0 saturated heterocycles. The monoisotopic (exact) mass is 458 g/mol. The SMILES string of the molecule is O=C(N[C@@H](Cc1ccccc1)C(=O)Nc1nnc(-c2ccccc2)s1)OCc1ccccc1. The van der Waals surface area contributed by atoms with Gasteiger partial charge in [-0.2, -0.15) is 0 Å². The summed E-state index contributed by atoms with van der Waals surface area (Å²) in [5, 5.41) is 14.7. The number of carbonyl (C=O) groups is 2. The van der Waals surface area contributed by atoms with Gasteiger partial charge in [-0.25, -0.2) is 4.79 Å². The van der Waals surface area contributed by atoms with Crippen molar-refractivity contribution in [3.63, 3.8) is 0 Å².